The molecule has 5 atom stereocenters. The number of allylic oxidation sites excluding steroid dienone is 2. The van der Waals surface area contributed by atoms with Crippen molar-refractivity contribution in [2.45, 2.75) is 65.4 Å². The molecular weight excluding hydrogens is 376 g/mol. The molecule has 0 bridgehead atoms. The lowest BCUT2D eigenvalue weighted by atomic mass is 9.62. The van der Waals surface area contributed by atoms with Gasteiger partial charge in [-0.3, -0.25) is 0 Å². The molecule has 1 aliphatic heterocycles. The standard InChI is InChI=1S/C26H34O4/c1-16(7-6-8-20-11-12-29-15-20)13-21-14-18(3)22-10-9-17(2)23(22)26(21)24(28-5)19(4)25(27)30-26/h11-15,17,21-23H,6-10H2,1-5H3/b16-13+/t17-,21-,22+,23-,26+/m0/s1. The van der Waals surface area contributed by atoms with Gasteiger partial charge in [0, 0.05) is 11.8 Å². The van der Waals surface area contributed by atoms with E-state index in [1.807, 2.05) is 19.3 Å². The Morgan fingerprint density at radius 3 is 2.83 bits per heavy atom. The number of methoxy groups -OCH3 is 1. The second-order valence-electron chi connectivity index (χ2n) is 9.46. The summed E-state index contributed by atoms with van der Waals surface area (Å²) >= 11 is 0. The van der Waals surface area contributed by atoms with Gasteiger partial charge in [-0.2, -0.15) is 0 Å². The predicted octanol–water partition coefficient (Wildman–Crippen LogP) is 6.00. The Hall–Kier alpha value is -2.23. The molecule has 1 saturated carbocycles. The third-order valence-corrected chi connectivity index (χ3v) is 7.55. The van der Waals surface area contributed by atoms with Crippen LogP contribution in [0.4, 0.5) is 0 Å². The maximum Gasteiger partial charge on any atom is 0.338 e. The zero-order valence-electron chi connectivity index (χ0n) is 18.9. The Bertz CT molecular complexity index is 888. The van der Waals surface area contributed by atoms with Crippen LogP contribution in [-0.2, 0) is 20.7 Å². The van der Waals surface area contributed by atoms with E-state index in [0.29, 0.717) is 17.4 Å². The summed E-state index contributed by atoms with van der Waals surface area (Å²) in [5.74, 6) is 1.72. The van der Waals surface area contributed by atoms with E-state index in [9.17, 15) is 4.79 Å². The number of furan rings is 1. The molecule has 3 aliphatic rings. The molecule has 1 aromatic heterocycles. The van der Waals surface area contributed by atoms with Crippen LogP contribution in [0, 0.1) is 23.7 Å². The molecule has 4 heteroatoms. The van der Waals surface area contributed by atoms with Crippen LogP contribution in [0.2, 0.25) is 0 Å². The number of rotatable bonds is 6. The molecule has 1 aromatic rings. The third kappa shape index (κ3) is 3.34. The molecule has 4 rings (SSSR count). The Labute approximate surface area is 180 Å². The van der Waals surface area contributed by atoms with Crippen molar-refractivity contribution >= 4 is 5.97 Å². The molecule has 0 unspecified atom stereocenters. The Balaban J connectivity index is 1.67. The molecule has 0 radical (unpaired) electrons. The van der Waals surface area contributed by atoms with Crippen molar-refractivity contribution in [3.63, 3.8) is 0 Å². The molecule has 162 valence electrons. The highest BCUT2D eigenvalue weighted by molar-refractivity contribution is 5.92. The van der Waals surface area contributed by atoms with Crippen LogP contribution in [0.1, 0.15) is 58.9 Å². The van der Waals surface area contributed by atoms with Crippen molar-refractivity contribution in [3.8, 4) is 0 Å². The van der Waals surface area contributed by atoms with Gasteiger partial charge in [-0.15, -0.1) is 0 Å². The second-order valence-corrected chi connectivity index (χ2v) is 9.46. The fourth-order valence-electron chi connectivity index (χ4n) is 6.16. The Kier molecular flexibility index (Phi) is 5.69. The minimum Gasteiger partial charge on any atom is -0.496 e. The lowest BCUT2D eigenvalue weighted by Crippen LogP contribution is -2.52. The number of hydrogen-bond acceptors (Lipinski definition) is 4. The van der Waals surface area contributed by atoms with Gasteiger partial charge in [0.25, 0.3) is 0 Å². The normalized spacial score (nSPS) is 33.7. The summed E-state index contributed by atoms with van der Waals surface area (Å²) in [6.07, 6.45) is 13.6. The highest BCUT2D eigenvalue weighted by Crippen LogP contribution is 2.59. The molecule has 1 spiro atoms. The van der Waals surface area contributed by atoms with E-state index in [1.54, 1.807) is 13.4 Å². The van der Waals surface area contributed by atoms with Gasteiger partial charge in [0.2, 0.25) is 0 Å². The maximum absolute atomic E-state index is 12.7. The molecule has 0 aromatic carbocycles. The summed E-state index contributed by atoms with van der Waals surface area (Å²) in [7, 11) is 1.68. The minimum absolute atomic E-state index is 0.00424. The van der Waals surface area contributed by atoms with Gasteiger partial charge in [0.05, 0.1) is 25.2 Å². The number of carbonyl (C=O) groups excluding carboxylic acids is 1. The average Bonchev–Trinajstić information content (AvgIpc) is 3.41. The first-order valence-electron chi connectivity index (χ1n) is 11.2. The van der Waals surface area contributed by atoms with Crippen LogP contribution in [0.25, 0.3) is 0 Å². The number of aryl methyl sites for hydroxylation is 1. The Morgan fingerprint density at radius 2 is 2.13 bits per heavy atom. The predicted molar refractivity (Wildman–Crippen MR) is 117 cm³/mol. The van der Waals surface area contributed by atoms with E-state index in [4.69, 9.17) is 13.9 Å². The molecule has 0 amide bonds. The van der Waals surface area contributed by atoms with E-state index in [1.165, 1.54) is 16.7 Å². The van der Waals surface area contributed by atoms with Gasteiger partial charge in [-0.1, -0.05) is 30.2 Å². The van der Waals surface area contributed by atoms with Crippen molar-refractivity contribution < 1.29 is 18.7 Å². The fraction of sp³-hybridized carbons (Fsp3) is 0.577. The zero-order chi connectivity index (χ0) is 21.5. The van der Waals surface area contributed by atoms with Gasteiger partial charge < -0.3 is 13.9 Å². The largest absolute Gasteiger partial charge is 0.496 e. The number of carbonyl (C=O) groups is 1. The lowest BCUT2D eigenvalue weighted by molar-refractivity contribution is -0.161. The molecule has 4 nitrogen and oxygen atoms in total. The second kappa shape index (κ2) is 8.13. The minimum atomic E-state index is -0.707. The van der Waals surface area contributed by atoms with Gasteiger partial charge in [-0.25, -0.2) is 4.79 Å². The van der Waals surface area contributed by atoms with Crippen LogP contribution in [-0.4, -0.2) is 18.7 Å². The van der Waals surface area contributed by atoms with E-state index in [0.717, 1.165) is 37.9 Å². The summed E-state index contributed by atoms with van der Waals surface area (Å²) in [5, 5.41) is 0. The van der Waals surface area contributed by atoms with E-state index in [-0.39, 0.29) is 17.8 Å². The SMILES string of the molecule is COC1=C(C)C(=O)O[C@]12[C@@H]1[C@H](CC[C@@H]1C)C(C)=C[C@@H]2/C=C(\C)CCCc1ccoc1. The molecule has 2 aliphatic carbocycles. The molecule has 0 N–H and O–H groups in total. The monoisotopic (exact) mass is 410 g/mol. The third-order valence-electron chi connectivity index (χ3n) is 7.55. The summed E-state index contributed by atoms with van der Waals surface area (Å²) in [5.41, 5.74) is 3.91. The van der Waals surface area contributed by atoms with Gasteiger partial charge in [-0.05, 0) is 76.3 Å². The van der Waals surface area contributed by atoms with Crippen LogP contribution in [0.5, 0.6) is 0 Å². The fourth-order valence-corrected chi connectivity index (χ4v) is 6.16. The van der Waals surface area contributed by atoms with Crippen molar-refractivity contribution in [2.24, 2.45) is 23.7 Å². The van der Waals surface area contributed by atoms with E-state index < -0.39 is 5.60 Å². The highest BCUT2D eigenvalue weighted by Gasteiger charge is 2.63. The summed E-state index contributed by atoms with van der Waals surface area (Å²) < 4.78 is 17.3. The first kappa shape index (κ1) is 21.0. The molecule has 2 heterocycles. The molecule has 1 fully saturated rings. The van der Waals surface area contributed by atoms with Crippen LogP contribution < -0.4 is 0 Å². The van der Waals surface area contributed by atoms with E-state index >= 15 is 0 Å². The average molecular weight is 411 g/mol. The van der Waals surface area contributed by atoms with Crippen LogP contribution in [0.3, 0.4) is 0 Å². The van der Waals surface area contributed by atoms with Crippen molar-refractivity contribution in [1.29, 1.82) is 0 Å². The lowest BCUT2D eigenvalue weighted by Gasteiger charge is -2.47. The smallest absolute Gasteiger partial charge is 0.338 e. The Morgan fingerprint density at radius 1 is 1.33 bits per heavy atom. The number of esters is 1. The van der Waals surface area contributed by atoms with Crippen molar-refractivity contribution in [1.82, 2.24) is 0 Å². The first-order chi connectivity index (χ1) is 14.4. The van der Waals surface area contributed by atoms with Crippen LogP contribution in [0.15, 0.2) is 57.6 Å². The van der Waals surface area contributed by atoms with E-state index in [2.05, 4.69) is 32.9 Å². The summed E-state index contributed by atoms with van der Waals surface area (Å²) in [6.45, 7) is 8.58. The molecular formula is C26H34O4. The highest BCUT2D eigenvalue weighted by atomic mass is 16.6. The van der Waals surface area contributed by atoms with Crippen LogP contribution >= 0.6 is 0 Å². The zero-order valence-corrected chi connectivity index (χ0v) is 18.9. The summed E-state index contributed by atoms with van der Waals surface area (Å²) in [6, 6.07) is 2.03. The van der Waals surface area contributed by atoms with Crippen molar-refractivity contribution in [2.75, 3.05) is 7.11 Å². The van der Waals surface area contributed by atoms with Crippen molar-refractivity contribution in [3.05, 3.63) is 58.8 Å². The first-order valence-corrected chi connectivity index (χ1v) is 11.2. The number of ether oxygens (including phenoxy) is 2. The molecule has 0 saturated heterocycles. The summed E-state index contributed by atoms with van der Waals surface area (Å²) in [4.78, 5) is 12.7. The van der Waals surface area contributed by atoms with Gasteiger partial charge in [0.1, 0.15) is 0 Å². The topological polar surface area (TPSA) is 48.7 Å². The number of hydrogen-bond donors (Lipinski definition) is 0. The number of fused-ring (bicyclic) bond motifs is 2. The quantitative estimate of drug-likeness (QED) is 0.426. The van der Waals surface area contributed by atoms with Gasteiger partial charge >= 0.3 is 5.97 Å². The van der Waals surface area contributed by atoms with Gasteiger partial charge in [0.15, 0.2) is 11.4 Å². The maximum atomic E-state index is 12.7. The molecule has 30 heavy (non-hydrogen) atoms.